The van der Waals surface area contributed by atoms with Crippen LogP contribution in [0, 0.1) is 11.3 Å². The lowest BCUT2D eigenvalue weighted by atomic mass is 10.1. The van der Waals surface area contributed by atoms with Crippen molar-refractivity contribution < 1.29 is 13.9 Å². The van der Waals surface area contributed by atoms with Gasteiger partial charge in [0.05, 0.1) is 17.9 Å². The van der Waals surface area contributed by atoms with E-state index >= 15 is 0 Å². The maximum Gasteiger partial charge on any atom is 0.280 e. The minimum absolute atomic E-state index is 0.0162. The largest absolute Gasteiger partial charge is 0.390 e. The Morgan fingerprint density at radius 1 is 1.60 bits per heavy atom. The van der Waals surface area contributed by atoms with Crippen molar-refractivity contribution in [3.05, 3.63) is 28.6 Å². The molecule has 0 aliphatic carbocycles. The summed E-state index contributed by atoms with van der Waals surface area (Å²) < 4.78 is 25.0. The highest BCUT2D eigenvalue weighted by atomic mass is 79.9. The van der Waals surface area contributed by atoms with Crippen LogP contribution in [0.3, 0.4) is 0 Å². The van der Waals surface area contributed by atoms with E-state index in [2.05, 4.69) is 20.9 Å². The molecule has 0 spiro atoms. The number of hydrogen-bond acceptors (Lipinski definition) is 3. The zero-order valence-electron chi connectivity index (χ0n) is 7.54. The maximum atomic E-state index is 12.5. The van der Waals surface area contributed by atoms with Gasteiger partial charge in [-0.05, 0) is 11.6 Å². The van der Waals surface area contributed by atoms with Crippen molar-refractivity contribution in [3.8, 4) is 6.07 Å². The second-order valence-corrected chi connectivity index (χ2v) is 3.29. The SMILES string of the molecule is N#Cc1cc(CBr)c(C(F)F)nc1CO. The number of aliphatic hydroxyl groups is 1. The van der Waals surface area contributed by atoms with Crippen LogP contribution in [0.2, 0.25) is 0 Å². The maximum absolute atomic E-state index is 12.5. The Labute approximate surface area is 93.5 Å². The molecule has 0 atom stereocenters. The Balaban J connectivity index is 3.36. The number of nitrogens with zero attached hydrogens (tertiary/aromatic N) is 2. The van der Waals surface area contributed by atoms with Gasteiger partial charge in [-0.25, -0.2) is 13.8 Å². The van der Waals surface area contributed by atoms with Crippen LogP contribution in [-0.2, 0) is 11.9 Å². The number of halogens is 3. The minimum Gasteiger partial charge on any atom is -0.390 e. The van der Waals surface area contributed by atoms with Crippen LogP contribution in [0.25, 0.3) is 0 Å². The van der Waals surface area contributed by atoms with E-state index in [1.54, 1.807) is 6.07 Å². The van der Waals surface area contributed by atoms with Crippen LogP contribution in [0.4, 0.5) is 8.78 Å². The Morgan fingerprint density at radius 3 is 2.67 bits per heavy atom. The molecule has 0 aromatic carbocycles. The van der Waals surface area contributed by atoms with Gasteiger partial charge in [-0.15, -0.1) is 0 Å². The van der Waals surface area contributed by atoms with Gasteiger partial charge in [-0.1, -0.05) is 15.9 Å². The zero-order valence-corrected chi connectivity index (χ0v) is 9.13. The zero-order chi connectivity index (χ0) is 11.4. The number of aliphatic hydroxyl groups excluding tert-OH is 1. The van der Waals surface area contributed by atoms with E-state index in [1.807, 2.05) is 0 Å². The van der Waals surface area contributed by atoms with Crippen molar-refractivity contribution in [1.29, 1.82) is 5.26 Å². The molecule has 1 aromatic heterocycles. The molecule has 1 N–H and O–H groups in total. The molecule has 1 rings (SSSR count). The second-order valence-electron chi connectivity index (χ2n) is 2.73. The molecule has 0 unspecified atom stereocenters. The molecule has 0 aliphatic heterocycles. The van der Waals surface area contributed by atoms with E-state index < -0.39 is 18.7 Å². The van der Waals surface area contributed by atoms with Crippen LogP contribution in [0.1, 0.15) is 28.9 Å². The van der Waals surface area contributed by atoms with Crippen LogP contribution >= 0.6 is 15.9 Å². The molecule has 0 saturated carbocycles. The minimum atomic E-state index is -2.71. The molecule has 0 saturated heterocycles. The summed E-state index contributed by atoms with van der Waals surface area (Å²) in [5, 5.41) is 17.7. The fraction of sp³-hybridized carbons (Fsp3) is 0.333. The van der Waals surface area contributed by atoms with Crippen LogP contribution in [-0.4, -0.2) is 10.1 Å². The highest BCUT2D eigenvalue weighted by molar-refractivity contribution is 9.08. The van der Waals surface area contributed by atoms with E-state index in [0.29, 0.717) is 0 Å². The smallest absolute Gasteiger partial charge is 0.280 e. The lowest BCUT2D eigenvalue weighted by molar-refractivity contribution is 0.144. The Hall–Kier alpha value is -1.06. The summed E-state index contributed by atoms with van der Waals surface area (Å²) in [7, 11) is 0. The first-order valence-corrected chi connectivity index (χ1v) is 5.14. The Kier molecular flexibility index (Phi) is 4.12. The van der Waals surface area contributed by atoms with Crippen LogP contribution < -0.4 is 0 Å². The number of nitriles is 1. The van der Waals surface area contributed by atoms with Gasteiger partial charge in [-0.2, -0.15) is 5.26 Å². The first-order valence-electron chi connectivity index (χ1n) is 4.01. The molecule has 0 aliphatic rings. The number of rotatable bonds is 3. The molecule has 1 heterocycles. The highest BCUT2D eigenvalue weighted by Gasteiger charge is 2.17. The van der Waals surface area contributed by atoms with Gasteiger partial charge in [0.2, 0.25) is 0 Å². The topological polar surface area (TPSA) is 56.9 Å². The molecule has 0 fully saturated rings. The summed E-state index contributed by atoms with van der Waals surface area (Å²) >= 11 is 3.04. The summed E-state index contributed by atoms with van der Waals surface area (Å²) in [6.07, 6.45) is -2.71. The normalized spacial score (nSPS) is 10.4. The third kappa shape index (κ3) is 2.49. The number of alkyl halides is 3. The van der Waals surface area contributed by atoms with Gasteiger partial charge in [0.1, 0.15) is 11.8 Å². The third-order valence-corrected chi connectivity index (χ3v) is 2.44. The van der Waals surface area contributed by atoms with Gasteiger partial charge in [0.15, 0.2) is 0 Å². The first-order chi connectivity index (χ1) is 7.13. The molecule has 1 aromatic rings. The van der Waals surface area contributed by atoms with E-state index in [0.717, 1.165) is 0 Å². The van der Waals surface area contributed by atoms with Crippen molar-refractivity contribution in [1.82, 2.24) is 4.98 Å². The van der Waals surface area contributed by atoms with E-state index in [-0.39, 0.29) is 22.2 Å². The average Bonchev–Trinajstić information content (AvgIpc) is 2.26. The molecule has 80 valence electrons. The monoisotopic (exact) mass is 276 g/mol. The Bertz CT molecular complexity index is 404. The fourth-order valence-electron chi connectivity index (χ4n) is 1.12. The molecular formula is C9H7BrF2N2O. The van der Waals surface area contributed by atoms with E-state index in [4.69, 9.17) is 10.4 Å². The predicted octanol–water partition coefficient (Wildman–Crippen LogP) is 2.28. The quantitative estimate of drug-likeness (QED) is 0.862. The number of aromatic nitrogens is 1. The summed E-state index contributed by atoms with van der Waals surface area (Å²) in [5.41, 5.74) is -0.0254. The predicted molar refractivity (Wildman–Crippen MR) is 52.5 cm³/mol. The lowest BCUT2D eigenvalue weighted by Gasteiger charge is -2.08. The highest BCUT2D eigenvalue weighted by Crippen LogP contribution is 2.24. The van der Waals surface area contributed by atoms with Gasteiger partial charge in [0.25, 0.3) is 6.43 Å². The number of pyridine rings is 1. The molecule has 15 heavy (non-hydrogen) atoms. The van der Waals surface area contributed by atoms with E-state index in [1.165, 1.54) is 6.07 Å². The summed E-state index contributed by atoms with van der Waals surface area (Å²) in [5.74, 6) is 0. The third-order valence-electron chi connectivity index (χ3n) is 1.83. The van der Waals surface area contributed by atoms with E-state index in [9.17, 15) is 8.78 Å². The van der Waals surface area contributed by atoms with Crippen LogP contribution in [0.5, 0.6) is 0 Å². The van der Waals surface area contributed by atoms with Gasteiger partial charge >= 0.3 is 0 Å². The molecule has 0 radical (unpaired) electrons. The number of hydrogen-bond donors (Lipinski definition) is 1. The Morgan fingerprint density at radius 2 is 2.27 bits per heavy atom. The van der Waals surface area contributed by atoms with Crippen molar-refractivity contribution in [2.45, 2.75) is 18.4 Å². The molecule has 6 heteroatoms. The summed E-state index contributed by atoms with van der Waals surface area (Å²) in [6, 6.07) is 3.11. The second kappa shape index (κ2) is 5.14. The van der Waals surface area contributed by atoms with Gasteiger partial charge in [0, 0.05) is 5.33 Å². The van der Waals surface area contributed by atoms with Crippen LogP contribution in [0.15, 0.2) is 6.07 Å². The molecule has 3 nitrogen and oxygen atoms in total. The fourth-order valence-corrected chi connectivity index (χ4v) is 1.57. The van der Waals surface area contributed by atoms with Gasteiger partial charge < -0.3 is 5.11 Å². The molecule has 0 bridgehead atoms. The van der Waals surface area contributed by atoms with Crippen molar-refractivity contribution in [2.75, 3.05) is 0 Å². The summed E-state index contributed by atoms with van der Waals surface area (Å²) in [4.78, 5) is 3.58. The van der Waals surface area contributed by atoms with Crippen molar-refractivity contribution >= 4 is 15.9 Å². The lowest BCUT2D eigenvalue weighted by Crippen LogP contribution is -2.04. The first kappa shape index (κ1) is 12.0. The molecule has 0 amide bonds. The van der Waals surface area contributed by atoms with Crippen molar-refractivity contribution in [2.24, 2.45) is 0 Å². The average molecular weight is 277 g/mol. The van der Waals surface area contributed by atoms with Gasteiger partial charge in [-0.3, -0.25) is 0 Å². The van der Waals surface area contributed by atoms with Crippen molar-refractivity contribution in [3.63, 3.8) is 0 Å². The standard InChI is InChI=1S/C9H7BrF2N2O/c10-2-5-1-6(3-13)7(4-15)14-8(5)9(11)12/h1,9,15H,2,4H2. The summed E-state index contributed by atoms with van der Waals surface area (Å²) in [6.45, 7) is -0.523. The molecular weight excluding hydrogens is 270 g/mol.